The smallest absolute Gasteiger partial charge is 0.255 e. The van der Waals surface area contributed by atoms with E-state index in [0.29, 0.717) is 17.4 Å². The van der Waals surface area contributed by atoms with Crippen molar-refractivity contribution in [3.8, 4) is 0 Å². The molecule has 0 saturated heterocycles. The summed E-state index contributed by atoms with van der Waals surface area (Å²) in [5, 5.41) is 7.74. The topological polar surface area (TPSA) is 59.8 Å². The first kappa shape index (κ1) is 19.2. The Bertz CT molecular complexity index is 906. The number of rotatable bonds is 7. The third-order valence-electron chi connectivity index (χ3n) is 4.27. The quantitative estimate of drug-likeness (QED) is 0.654. The second kappa shape index (κ2) is 8.86. The number of amides is 1. The Hall–Kier alpha value is -2.60. The summed E-state index contributed by atoms with van der Waals surface area (Å²) in [7, 11) is 0. The number of thioether (sulfide) groups is 1. The zero-order valence-corrected chi connectivity index (χ0v) is 16.7. The van der Waals surface area contributed by atoms with E-state index >= 15 is 0 Å². The number of carbonyl (C=O) groups excluding carboxylic acids is 1. The van der Waals surface area contributed by atoms with Crippen molar-refractivity contribution in [3.63, 3.8) is 0 Å². The molecule has 0 fully saturated rings. The summed E-state index contributed by atoms with van der Waals surface area (Å²) in [6, 6.07) is 13.7. The summed E-state index contributed by atoms with van der Waals surface area (Å²) in [6.07, 6.45) is 3.17. The molecule has 0 bridgehead atoms. The van der Waals surface area contributed by atoms with Gasteiger partial charge < -0.3 is 5.32 Å². The van der Waals surface area contributed by atoms with Crippen LogP contribution in [0, 0.1) is 6.92 Å². The highest BCUT2D eigenvalue weighted by atomic mass is 32.2. The average Bonchev–Trinajstić information content (AvgIpc) is 3.15. The van der Waals surface area contributed by atoms with E-state index in [0.717, 1.165) is 22.6 Å². The van der Waals surface area contributed by atoms with Gasteiger partial charge in [0.25, 0.3) is 5.91 Å². The number of nitrogens with zero attached hydrogens (tertiary/aromatic N) is 3. The van der Waals surface area contributed by atoms with Gasteiger partial charge in [-0.15, -0.1) is 0 Å². The van der Waals surface area contributed by atoms with Crippen molar-refractivity contribution in [1.29, 1.82) is 0 Å². The highest BCUT2D eigenvalue weighted by molar-refractivity contribution is 7.99. The minimum Gasteiger partial charge on any atom is -0.322 e. The average molecular weight is 381 g/mol. The maximum Gasteiger partial charge on any atom is 0.255 e. The summed E-state index contributed by atoms with van der Waals surface area (Å²) >= 11 is 1.90. The molecule has 0 unspecified atom stereocenters. The van der Waals surface area contributed by atoms with Crippen LogP contribution in [-0.4, -0.2) is 25.9 Å². The van der Waals surface area contributed by atoms with Crippen LogP contribution in [0.4, 0.5) is 5.69 Å². The molecule has 0 saturated carbocycles. The van der Waals surface area contributed by atoms with E-state index in [1.165, 1.54) is 11.9 Å². The molecular weight excluding hydrogens is 356 g/mol. The SMILES string of the molecule is Cc1c(CSC(C)C)cccc1NC(=O)c1cccc(Cn2cncn2)c1. The standard InChI is InChI=1S/C21H24N4OS/c1-15(2)27-12-19-8-5-9-20(16(19)3)24-21(26)18-7-4-6-17(10-18)11-25-14-22-13-23-25/h4-10,13-15H,11-12H2,1-3H3,(H,24,26). The van der Waals surface area contributed by atoms with Crippen LogP contribution < -0.4 is 5.32 Å². The maximum absolute atomic E-state index is 12.7. The van der Waals surface area contributed by atoms with Gasteiger partial charge in [-0.25, -0.2) is 9.67 Å². The van der Waals surface area contributed by atoms with Gasteiger partial charge in [0.2, 0.25) is 0 Å². The molecule has 0 aliphatic carbocycles. The van der Waals surface area contributed by atoms with Crippen LogP contribution in [-0.2, 0) is 12.3 Å². The van der Waals surface area contributed by atoms with Crippen LogP contribution in [0.1, 0.15) is 40.9 Å². The van der Waals surface area contributed by atoms with Crippen molar-refractivity contribution in [3.05, 3.63) is 77.4 Å². The molecule has 1 N–H and O–H groups in total. The molecule has 5 nitrogen and oxygen atoms in total. The van der Waals surface area contributed by atoms with E-state index in [9.17, 15) is 4.79 Å². The van der Waals surface area contributed by atoms with Crippen LogP contribution >= 0.6 is 11.8 Å². The van der Waals surface area contributed by atoms with Gasteiger partial charge in [-0.3, -0.25) is 4.79 Å². The Labute approximate surface area is 164 Å². The first-order chi connectivity index (χ1) is 13.0. The molecule has 6 heteroatoms. The summed E-state index contributed by atoms with van der Waals surface area (Å²) in [5.41, 5.74) is 4.88. The number of benzene rings is 2. The number of hydrogen-bond donors (Lipinski definition) is 1. The van der Waals surface area contributed by atoms with Crippen molar-refractivity contribution in [2.24, 2.45) is 0 Å². The second-order valence-electron chi connectivity index (χ2n) is 6.70. The van der Waals surface area contributed by atoms with Crippen LogP contribution in [0.25, 0.3) is 0 Å². The molecule has 0 radical (unpaired) electrons. The van der Waals surface area contributed by atoms with Gasteiger partial charge in [-0.2, -0.15) is 16.9 Å². The Morgan fingerprint density at radius 2 is 2.04 bits per heavy atom. The van der Waals surface area contributed by atoms with E-state index in [1.807, 2.05) is 48.2 Å². The van der Waals surface area contributed by atoms with E-state index in [1.54, 1.807) is 11.0 Å². The normalized spacial score (nSPS) is 11.0. The number of hydrogen-bond acceptors (Lipinski definition) is 4. The fourth-order valence-corrected chi connectivity index (χ4v) is 3.56. The van der Waals surface area contributed by atoms with Crippen LogP contribution in [0.5, 0.6) is 0 Å². The van der Waals surface area contributed by atoms with E-state index < -0.39 is 0 Å². The molecule has 1 aromatic heterocycles. The number of aromatic nitrogens is 3. The number of carbonyl (C=O) groups is 1. The molecule has 0 aliphatic rings. The molecule has 0 aliphatic heterocycles. The van der Waals surface area contributed by atoms with Crippen LogP contribution in [0.15, 0.2) is 55.1 Å². The Balaban J connectivity index is 1.73. The summed E-state index contributed by atoms with van der Waals surface area (Å²) in [4.78, 5) is 16.7. The highest BCUT2D eigenvalue weighted by Gasteiger charge is 2.11. The molecule has 3 aromatic rings. The van der Waals surface area contributed by atoms with Crippen molar-refractivity contribution in [2.45, 2.75) is 38.3 Å². The zero-order valence-electron chi connectivity index (χ0n) is 15.8. The first-order valence-corrected chi connectivity index (χ1v) is 10.0. The van der Waals surface area contributed by atoms with Gasteiger partial charge in [0.1, 0.15) is 12.7 Å². The van der Waals surface area contributed by atoms with Crippen LogP contribution in [0.3, 0.4) is 0 Å². The molecule has 27 heavy (non-hydrogen) atoms. The molecule has 3 rings (SSSR count). The van der Waals surface area contributed by atoms with Crippen molar-refractivity contribution < 1.29 is 4.79 Å². The lowest BCUT2D eigenvalue weighted by Crippen LogP contribution is -2.14. The van der Waals surface area contributed by atoms with Gasteiger partial charge in [-0.05, 0) is 47.1 Å². The van der Waals surface area contributed by atoms with E-state index in [4.69, 9.17) is 0 Å². The summed E-state index contributed by atoms with van der Waals surface area (Å²) in [6.45, 7) is 7.03. The lowest BCUT2D eigenvalue weighted by Gasteiger charge is -2.14. The van der Waals surface area contributed by atoms with E-state index in [-0.39, 0.29) is 5.91 Å². The molecule has 2 aromatic carbocycles. The zero-order chi connectivity index (χ0) is 19.2. The molecule has 1 heterocycles. The minimum absolute atomic E-state index is 0.104. The molecule has 0 atom stereocenters. The lowest BCUT2D eigenvalue weighted by molar-refractivity contribution is 0.102. The molecular formula is C21H24N4OS. The lowest BCUT2D eigenvalue weighted by atomic mass is 10.1. The Morgan fingerprint density at radius 1 is 1.22 bits per heavy atom. The predicted octanol–water partition coefficient (Wildman–Crippen LogP) is 4.53. The Morgan fingerprint density at radius 3 is 2.78 bits per heavy atom. The Kier molecular flexibility index (Phi) is 6.29. The first-order valence-electron chi connectivity index (χ1n) is 8.95. The molecule has 1 amide bonds. The fraction of sp³-hybridized carbons (Fsp3) is 0.286. The van der Waals surface area contributed by atoms with Gasteiger partial charge in [0.05, 0.1) is 6.54 Å². The fourth-order valence-electron chi connectivity index (χ4n) is 2.74. The van der Waals surface area contributed by atoms with Gasteiger partial charge in [0, 0.05) is 17.0 Å². The highest BCUT2D eigenvalue weighted by Crippen LogP contribution is 2.25. The minimum atomic E-state index is -0.104. The summed E-state index contributed by atoms with van der Waals surface area (Å²) in [5.74, 6) is 0.841. The largest absolute Gasteiger partial charge is 0.322 e. The third kappa shape index (κ3) is 5.20. The van der Waals surface area contributed by atoms with Crippen molar-refractivity contribution >= 4 is 23.4 Å². The number of anilines is 1. The number of nitrogens with one attached hydrogen (secondary N) is 1. The second-order valence-corrected chi connectivity index (χ2v) is 8.26. The third-order valence-corrected chi connectivity index (χ3v) is 5.41. The monoisotopic (exact) mass is 380 g/mol. The van der Waals surface area contributed by atoms with Gasteiger partial charge in [-0.1, -0.05) is 38.1 Å². The van der Waals surface area contributed by atoms with Crippen molar-refractivity contribution in [1.82, 2.24) is 14.8 Å². The van der Waals surface area contributed by atoms with Gasteiger partial charge in [0.15, 0.2) is 0 Å². The maximum atomic E-state index is 12.7. The predicted molar refractivity (Wildman–Crippen MR) is 111 cm³/mol. The summed E-state index contributed by atoms with van der Waals surface area (Å²) < 4.78 is 1.73. The van der Waals surface area contributed by atoms with Crippen LogP contribution in [0.2, 0.25) is 0 Å². The molecule has 140 valence electrons. The van der Waals surface area contributed by atoms with Gasteiger partial charge >= 0.3 is 0 Å². The van der Waals surface area contributed by atoms with E-state index in [2.05, 4.69) is 42.2 Å². The molecule has 0 spiro atoms. The van der Waals surface area contributed by atoms with Crippen molar-refractivity contribution in [2.75, 3.05) is 5.32 Å².